The van der Waals surface area contributed by atoms with Crippen molar-refractivity contribution in [2.75, 3.05) is 6.54 Å². The Hall–Kier alpha value is -1.46. The number of nitrogens with zero attached hydrogens (tertiary/aromatic N) is 3. The number of hydrogen-bond acceptors (Lipinski definition) is 5. The van der Waals surface area contributed by atoms with E-state index in [1.807, 2.05) is 12.1 Å². The van der Waals surface area contributed by atoms with E-state index in [-0.39, 0.29) is 17.9 Å². The van der Waals surface area contributed by atoms with Gasteiger partial charge in [-0.25, -0.2) is 0 Å². The zero-order valence-electron chi connectivity index (χ0n) is 10.8. The lowest BCUT2D eigenvalue weighted by Crippen LogP contribution is -2.43. The summed E-state index contributed by atoms with van der Waals surface area (Å²) < 4.78 is 5.42. The highest BCUT2D eigenvalue weighted by Crippen LogP contribution is 2.29. The van der Waals surface area contributed by atoms with Crippen LogP contribution in [0.5, 0.6) is 0 Å². The van der Waals surface area contributed by atoms with Crippen LogP contribution in [0.2, 0.25) is 0 Å². The SMILES string of the molecule is CC1(c2nc(-c3ccncc3)no2)CCCCN1.Cl. The molecule has 0 saturated carbocycles. The minimum Gasteiger partial charge on any atom is -0.337 e. The van der Waals surface area contributed by atoms with E-state index < -0.39 is 0 Å². The fourth-order valence-corrected chi connectivity index (χ4v) is 2.30. The highest BCUT2D eigenvalue weighted by molar-refractivity contribution is 5.85. The lowest BCUT2D eigenvalue weighted by atomic mass is 9.91. The second-order valence-electron chi connectivity index (χ2n) is 4.88. The molecule has 3 heterocycles. The van der Waals surface area contributed by atoms with Crippen molar-refractivity contribution in [1.82, 2.24) is 20.4 Å². The van der Waals surface area contributed by atoms with Crippen LogP contribution >= 0.6 is 12.4 Å². The van der Waals surface area contributed by atoms with E-state index in [0.717, 1.165) is 18.5 Å². The molecule has 0 spiro atoms. The summed E-state index contributed by atoms with van der Waals surface area (Å²) in [5, 5.41) is 7.52. The molecule has 0 aromatic carbocycles. The van der Waals surface area contributed by atoms with Crippen molar-refractivity contribution in [1.29, 1.82) is 0 Å². The van der Waals surface area contributed by atoms with Gasteiger partial charge in [0.25, 0.3) is 0 Å². The first kappa shape index (κ1) is 14.0. The first-order valence-electron chi connectivity index (χ1n) is 6.28. The predicted molar refractivity (Wildman–Crippen MR) is 74.0 cm³/mol. The van der Waals surface area contributed by atoms with Gasteiger partial charge in [-0.3, -0.25) is 4.98 Å². The van der Waals surface area contributed by atoms with Gasteiger partial charge >= 0.3 is 0 Å². The van der Waals surface area contributed by atoms with E-state index in [0.29, 0.717) is 11.7 Å². The Morgan fingerprint density at radius 3 is 2.74 bits per heavy atom. The van der Waals surface area contributed by atoms with Gasteiger partial charge in [0.15, 0.2) is 0 Å². The molecule has 1 unspecified atom stereocenters. The molecule has 1 aliphatic heterocycles. The van der Waals surface area contributed by atoms with Gasteiger partial charge in [0.1, 0.15) is 0 Å². The molecule has 3 rings (SSSR count). The lowest BCUT2D eigenvalue weighted by Gasteiger charge is -2.31. The van der Waals surface area contributed by atoms with Gasteiger partial charge in [-0.05, 0) is 44.9 Å². The second kappa shape index (κ2) is 5.67. The molecule has 1 aliphatic rings. The Morgan fingerprint density at radius 1 is 1.26 bits per heavy atom. The number of aromatic nitrogens is 3. The standard InChI is InChI=1S/C13H16N4O.ClH/c1-13(6-2-3-7-15-13)12-16-11(17-18-12)10-4-8-14-9-5-10;/h4-5,8-9,15H,2-3,6-7H2,1H3;1H. The molecule has 0 aliphatic carbocycles. The quantitative estimate of drug-likeness (QED) is 0.916. The topological polar surface area (TPSA) is 63.8 Å². The second-order valence-corrected chi connectivity index (χ2v) is 4.88. The maximum Gasteiger partial charge on any atom is 0.246 e. The van der Waals surface area contributed by atoms with E-state index in [1.165, 1.54) is 12.8 Å². The number of halogens is 1. The van der Waals surface area contributed by atoms with Crippen LogP contribution < -0.4 is 5.32 Å². The molecular formula is C13H17ClN4O. The summed E-state index contributed by atoms with van der Waals surface area (Å²) in [5.41, 5.74) is 0.746. The van der Waals surface area contributed by atoms with Gasteiger partial charge in [0.05, 0.1) is 5.54 Å². The average molecular weight is 281 g/mol. The van der Waals surface area contributed by atoms with Crippen LogP contribution in [0.3, 0.4) is 0 Å². The minimum atomic E-state index is -0.184. The molecule has 1 atom stereocenters. The van der Waals surface area contributed by atoms with Crippen LogP contribution in [0.15, 0.2) is 29.0 Å². The van der Waals surface area contributed by atoms with Gasteiger partial charge in [-0.1, -0.05) is 5.16 Å². The van der Waals surface area contributed by atoms with E-state index in [1.54, 1.807) is 12.4 Å². The number of piperidine rings is 1. The summed E-state index contributed by atoms with van der Waals surface area (Å²) >= 11 is 0. The molecule has 6 heteroatoms. The average Bonchev–Trinajstić information content (AvgIpc) is 2.91. The van der Waals surface area contributed by atoms with Crippen LogP contribution in [0.1, 0.15) is 32.1 Å². The molecule has 19 heavy (non-hydrogen) atoms. The normalized spacial score (nSPS) is 22.8. The van der Waals surface area contributed by atoms with Crippen molar-refractivity contribution < 1.29 is 4.52 Å². The molecule has 1 saturated heterocycles. The Bertz CT molecular complexity index is 522. The third-order valence-corrected chi connectivity index (χ3v) is 3.46. The van der Waals surface area contributed by atoms with Gasteiger partial charge in [0.2, 0.25) is 11.7 Å². The third-order valence-electron chi connectivity index (χ3n) is 3.46. The zero-order chi connectivity index (χ0) is 12.4. The van der Waals surface area contributed by atoms with Crippen molar-refractivity contribution >= 4 is 12.4 Å². The summed E-state index contributed by atoms with van der Waals surface area (Å²) in [6.45, 7) is 3.12. The van der Waals surface area contributed by atoms with Gasteiger partial charge < -0.3 is 9.84 Å². The predicted octanol–water partition coefficient (Wildman–Crippen LogP) is 2.54. The summed E-state index contributed by atoms with van der Waals surface area (Å²) in [7, 11) is 0. The van der Waals surface area contributed by atoms with Gasteiger partial charge in [-0.2, -0.15) is 4.98 Å². The highest BCUT2D eigenvalue weighted by Gasteiger charge is 2.34. The summed E-state index contributed by atoms with van der Waals surface area (Å²) in [6.07, 6.45) is 6.89. The van der Waals surface area contributed by atoms with Crippen LogP contribution in [0, 0.1) is 0 Å². The van der Waals surface area contributed by atoms with Crippen LogP contribution in [-0.2, 0) is 5.54 Å². The number of nitrogens with one attached hydrogen (secondary N) is 1. The lowest BCUT2D eigenvalue weighted by molar-refractivity contribution is 0.207. The molecule has 2 aromatic rings. The van der Waals surface area contributed by atoms with Gasteiger partial charge in [-0.15, -0.1) is 12.4 Å². The Morgan fingerprint density at radius 2 is 2.05 bits per heavy atom. The fraction of sp³-hybridized carbons (Fsp3) is 0.462. The van der Waals surface area contributed by atoms with E-state index in [2.05, 4.69) is 27.4 Å². The maximum absolute atomic E-state index is 5.42. The van der Waals surface area contributed by atoms with E-state index in [9.17, 15) is 0 Å². The van der Waals surface area contributed by atoms with Crippen LogP contribution in [0.25, 0.3) is 11.4 Å². The van der Waals surface area contributed by atoms with Crippen molar-refractivity contribution in [3.63, 3.8) is 0 Å². The van der Waals surface area contributed by atoms with E-state index >= 15 is 0 Å². The molecule has 0 bridgehead atoms. The molecule has 0 radical (unpaired) electrons. The van der Waals surface area contributed by atoms with E-state index in [4.69, 9.17) is 4.52 Å². The summed E-state index contributed by atoms with van der Waals surface area (Å²) in [5.74, 6) is 1.30. The van der Waals surface area contributed by atoms with Crippen LogP contribution in [0.4, 0.5) is 0 Å². The minimum absolute atomic E-state index is 0. The van der Waals surface area contributed by atoms with Crippen LogP contribution in [-0.4, -0.2) is 21.7 Å². The molecule has 2 aromatic heterocycles. The zero-order valence-corrected chi connectivity index (χ0v) is 11.6. The van der Waals surface area contributed by atoms with Gasteiger partial charge in [0, 0.05) is 18.0 Å². The molecule has 5 nitrogen and oxygen atoms in total. The Kier molecular flexibility index (Phi) is 4.17. The molecule has 1 N–H and O–H groups in total. The highest BCUT2D eigenvalue weighted by atomic mass is 35.5. The fourth-order valence-electron chi connectivity index (χ4n) is 2.30. The monoisotopic (exact) mass is 280 g/mol. The number of rotatable bonds is 2. The van der Waals surface area contributed by atoms with Crippen molar-refractivity contribution in [2.45, 2.75) is 31.7 Å². The Labute approximate surface area is 118 Å². The first-order valence-corrected chi connectivity index (χ1v) is 6.28. The summed E-state index contributed by atoms with van der Waals surface area (Å²) in [4.78, 5) is 8.49. The Balaban J connectivity index is 0.00000133. The third kappa shape index (κ3) is 2.77. The van der Waals surface area contributed by atoms with Crippen molar-refractivity contribution in [2.24, 2.45) is 0 Å². The maximum atomic E-state index is 5.42. The molecule has 102 valence electrons. The summed E-state index contributed by atoms with van der Waals surface area (Å²) in [6, 6.07) is 3.76. The first-order chi connectivity index (χ1) is 8.78. The molecule has 1 fully saturated rings. The van der Waals surface area contributed by atoms with Crippen molar-refractivity contribution in [3.8, 4) is 11.4 Å². The van der Waals surface area contributed by atoms with Crippen molar-refractivity contribution in [3.05, 3.63) is 30.4 Å². The number of hydrogen-bond donors (Lipinski definition) is 1. The number of pyridine rings is 1. The largest absolute Gasteiger partial charge is 0.337 e. The molecule has 0 amide bonds. The molecular weight excluding hydrogens is 264 g/mol. The smallest absolute Gasteiger partial charge is 0.246 e.